The topological polar surface area (TPSA) is 93.8 Å². The Morgan fingerprint density at radius 3 is 3.10 bits per heavy atom. The predicted molar refractivity (Wildman–Crippen MR) is 74.2 cm³/mol. The first kappa shape index (κ1) is 13.0. The zero-order valence-corrected chi connectivity index (χ0v) is 12.0. The van der Waals surface area contributed by atoms with Gasteiger partial charge in [-0.1, -0.05) is 0 Å². The van der Waals surface area contributed by atoms with Crippen LogP contribution < -0.4 is 0 Å². The molecule has 7 nitrogen and oxygen atoms in total. The summed E-state index contributed by atoms with van der Waals surface area (Å²) in [6.45, 7) is 2.64. The maximum absolute atomic E-state index is 10.9. The van der Waals surface area contributed by atoms with Crippen LogP contribution >= 0.6 is 23.1 Å². The van der Waals surface area contributed by atoms with Crippen molar-refractivity contribution in [1.82, 2.24) is 25.2 Å². The van der Waals surface area contributed by atoms with Crippen LogP contribution in [0.2, 0.25) is 0 Å². The summed E-state index contributed by atoms with van der Waals surface area (Å²) >= 11 is 2.80. The summed E-state index contributed by atoms with van der Waals surface area (Å²) in [4.78, 5) is 15.4. The number of rotatable bonds is 4. The standard InChI is InChI=1S/C11H9N5O2S2/c1-2-16-10(13-14-15-16)20-11-12-7-4-3-6(9(17)18)5-8(7)19-11/h3-5H,2H2,1H3,(H,17,18). The van der Waals surface area contributed by atoms with Gasteiger partial charge < -0.3 is 5.11 Å². The first-order valence-electron chi connectivity index (χ1n) is 5.75. The zero-order chi connectivity index (χ0) is 14.1. The molecule has 0 aliphatic rings. The Kier molecular flexibility index (Phi) is 3.36. The van der Waals surface area contributed by atoms with Gasteiger partial charge in [-0.2, -0.15) is 0 Å². The number of carboxylic acid groups (broad SMARTS) is 1. The lowest BCUT2D eigenvalue weighted by Crippen LogP contribution is -1.98. The number of hydrogen-bond donors (Lipinski definition) is 1. The van der Waals surface area contributed by atoms with Gasteiger partial charge in [0, 0.05) is 6.54 Å². The molecule has 0 fully saturated rings. The average Bonchev–Trinajstić information content (AvgIpc) is 3.03. The van der Waals surface area contributed by atoms with Gasteiger partial charge in [0.05, 0.1) is 15.8 Å². The lowest BCUT2D eigenvalue weighted by molar-refractivity contribution is 0.0697. The second-order valence-corrected chi connectivity index (χ2v) is 6.09. The molecule has 9 heteroatoms. The van der Waals surface area contributed by atoms with E-state index in [4.69, 9.17) is 5.11 Å². The minimum absolute atomic E-state index is 0.260. The molecule has 3 rings (SSSR count). The van der Waals surface area contributed by atoms with Crippen molar-refractivity contribution < 1.29 is 9.90 Å². The molecule has 0 atom stereocenters. The third-order valence-electron chi connectivity index (χ3n) is 2.59. The third-order valence-corrected chi connectivity index (χ3v) is 4.65. The molecule has 1 aromatic carbocycles. The van der Waals surface area contributed by atoms with Crippen molar-refractivity contribution in [1.29, 1.82) is 0 Å². The summed E-state index contributed by atoms with van der Waals surface area (Å²) in [6, 6.07) is 4.89. The van der Waals surface area contributed by atoms with Gasteiger partial charge in [0.15, 0.2) is 4.34 Å². The van der Waals surface area contributed by atoms with E-state index in [0.29, 0.717) is 11.7 Å². The number of aryl methyl sites for hydroxylation is 1. The maximum atomic E-state index is 10.9. The number of carbonyl (C=O) groups is 1. The highest BCUT2D eigenvalue weighted by Gasteiger charge is 2.12. The van der Waals surface area contributed by atoms with E-state index in [9.17, 15) is 4.79 Å². The van der Waals surface area contributed by atoms with Gasteiger partial charge in [0.25, 0.3) is 0 Å². The van der Waals surface area contributed by atoms with Crippen LogP contribution in [0.1, 0.15) is 17.3 Å². The van der Waals surface area contributed by atoms with Crippen molar-refractivity contribution in [3.63, 3.8) is 0 Å². The Morgan fingerprint density at radius 1 is 1.50 bits per heavy atom. The minimum atomic E-state index is -0.940. The molecular formula is C11H9N5O2S2. The number of fused-ring (bicyclic) bond motifs is 1. The number of aromatic nitrogens is 5. The second kappa shape index (κ2) is 5.17. The lowest BCUT2D eigenvalue weighted by Gasteiger charge is -1.96. The molecule has 0 amide bonds. The van der Waals surface area contributed by atoms with Crippen LogP contribution in [-0.2, 0) is 6.54 Å². The highest BCUT2D eigenvalue weighted by molar-refractivity contribution is 8.01. The normalized spacial score (nSPS) is 11.1. The van der Waals surface area contributed by atoms with E-state index in [-0.39, 0.29) is 5.56 Å². The van der Waals surface area contributed by atoms with E-state index >= 15 is 0 Å². The highest BCUT2D eigenvalue weighted by atomic mass is 32.2. The van der Waals surface area contributed by atoms with Crippen LogP contribution in [0, 0.1) is 0 Å². The summed E-state index contributed by atoms with van der Waals surface area (Å²) < 4.78 is 3.30. The number of hydrogen-bond acceptors (Lipinski definition) is 7. The van der Waals surface area contributed by atoms with Crippen molar-refractivity contribution in [2.24, 2.45) is 0 Å². The first-order valence-corrected chi connectivity index (χ1v) is 7.38. The molecule has 102 valence electrons. The van der Waals surface area contributed by atoms with E-state index in [0.717, 1.165) is 14.6 Å². The van der Waals surface area contributed by atoms with Crippen molar-refractivity contribution in [2.75, 3.05) is 0 Å². The molecule has 2 aromatic heterocycles. The fourth-order valence-electron chi connectivity index (χ4n) is 1.63. The van der Waals surface area contributed by atoms with E-state index in [1.165, 1.54) is 23.1 Å². The zero-order valence-electron chi connectivity index (χ0n) is 10.3. The first-order chi connectivity index (χ1) is 9.67. The van der Waals surface area contributed by atoms with Crippen LogP contribution in [0.3, 0.4) is 0 Å². The molecule has 2 heterocycles. The monoisotopic (exact) mass is 307 g/mol. The van der Waals surface area contributed by atoms with E-state index in [1.807, 2.05) is 6.92 Å². The van der Waals surface area contributed by atoms with Crippen molar-refractivity contribution in [3.8, 4) is 0 Å². The van der Waals surface area contributed by atoms with Crippen molar-refractivity contribution in [2.45, 2.75) is 23.0 Å². The Labute approximate surface area is 121 Å². The summed E-state index contributed by atoms with van der Waals surface area (Å²) in [5.74, 6) is -0.940. The number of aromatic carboxylic acids is 1. The second-order valence-electron chi connectivity index (χ2n) is 3.85. The van der Waals surface area contributed by atoms with Crippen LogP contribution in [0.4, 0.5) is 0 Å². The van der Waals surface area contributed by atoms with Crippen LogP contribution in [0.25, 0.3) is 10.2 Å². The molecule has 3 aromatic rings. The van der Waals surface area contributed by atoms with E-state index < -0.39 is 5.97 Å². The fourth-order valence-corrected chi connectivity index (χ4v) is 3.67. The van der Waals surface area contributed by atoms with Gasteiger partial charge >= 0.3 is 5.97 Å². The summed E-state index contributed by atoms with van der Waals surface area (Å²) in [5, 5.41) is 21.1. The molecule has 0 saturated heterocycles. The molecule has 0 aliphatic heterocycles. The molecule has 0 radical (unpaired) electrons. The van der Waals surface area contributed by atoms with E-state index in [2.05, 4.69) is 20.5 Å². The Balaban J connectivity index is 1.95. The molecule has 1 N–H and O–H groups in total. The Morgan fingerprint density at radius 2 is 2.35 bits per heavy atom. The molecule has 0 saturated carbocycles. The van der Waals surface area contributed by atoms with Gasteiger partial charge in [-0.15, -0.1) is 16.4 Å². The molecule has 0 aliphatic carbocycles. The number of tetrazole rings is 1. The number of nitrogens with zero attached hydrogens (tertiary/aromatic N) is 5. The minimum Gasteiger partial charge on any atom is -0.478 e. The molecule has 0 spiro atoms. The smallest absolute Gasteiger partial charge is 0.335 e. The third kappa shape index (κ3) is 2.37. The van der Waals surface area contributed by atoms with Gasteiger partial charge in [-0.05, 0) is 47.3 Å². The molecular weight excluding hydrogens is 298 g/mol. The van der Waals surface area contributed by atoms with E-state index in [1.54, 1.807) is 22.9 Å². The van der Waals surface area contributed by atoms with Gasteiger partial charge in [-0.3, -0.25) is 0 Å². The summed E-state index contributed by atoms with van der Waals surface area (Å²) in [5.41, 5.74) is 1.04. The van der Waals surface area contributed by atoms with Crippen LogP contribution in [-0.4, -0.2) is 36.3 Å². The number of thiazole rings is 1. The molecule has 20 heavy (non-hydrogen) atoms. The molecule has 0 unspecified atom stereocenters. The number of benzene rings is 1. The van der Waals surface area contributed by atoms with Gasteiger partial charge in [0.2, 0.25) is 5.16 Å². The van der Waals surface area contributed by atoms with Crippen LogP contribution in [0.5, 0.6) is 0 Å². The summed E-state index contributed by atoms with van der Waals surface area (Å²) in [6.07, 6.45) is 0. The Hall–Kier alpha value is -2.00. The maximum Gasteiger partial charge on any atom is 0.335 e. The highest BCUT2D eigenvalue weighted by Crippen LogP contribution is 2.33. The molecule has 0 bridgehead atoms. The largest absolute Gasteiger partial charge is 0.478 e. The van der Waals surface area contributed by atoms with Gasteiger partial charge in [-0.25, -0.2) is 14.5 Å². The Bertz CT molecular complexity index is 782. The predicted octanol–water partition coefficient (Wildman–Crippen LogP) is 2.15. The lowest BCUT2D eigenvalue weighted by atomic mass is 10.2. The van der Waals surface area contributed by atoms with Crippen molar-refractivity contribution in [3.05, 3.63) is 23.8 Å². The van der Waals surface area contributed by atoms with Crippen LogP contribution in [0.15, 0.2) is 27.7 Å². The van der Waals surface area contributed by atoms with Gasteiger partial charge in [0.1, 0.15) is 0 Å². The van der Waals surface area contributed by atoms with Crippen molar-refractivity contribution >= 4 is 39.3 Å². The summed E-state index contributed by atoms with van der Waals surface area (Å²) in [7, 11) is 0. The SMILES string of the molecule is CCn1nnnc1Sc1nc2ccc(C(=O)O)cc2s1. The average molecular weight is 307 g/mol. The quantitative estimate of drug-likeness (QED) is 0.789. The fraction of sp³-hybridized carbons (Fsp3) is 0.182. The number of carboxylic acids is 1.